The predicted octanol–water partition coefficient (Wildman–Crippen LogP) is 1.68. The van der Waals surface area contributed by atoms with Crippen molar-refractivity contribution in [2.45, 2.75) is 24.8 Å². The highest BCUT2D eigenvalue weighted by Crippen LogP contribution is 2.14. The van der Waals surface area contributed by atoms with Gasteiger partial charge >= 0.3 is 5.97 Å². The predicted molar refractivity (Wildman–Crippen MR) is 70.6 cm³/mol. The van der Waals surface area contributed by atoms with Gasteiger partial charge in [-0.05, 0) is 38.1 Å². The lowest BCUT2D eigenvalue weighted by Crippen LogP contribution is -2.39. The van der Waals surface area contributed by atoms with E-state index >= 15 is 0 Å². The fraction of sp³-hybridized carbons (Fsp3) is 0.364. The molecule has 1 aromatic rings. The second-order valence-electron chi connectivity index (χ2n) is 3.55. The van der Waals surface area contributed by atoms with Crippen molar-refractivity contribution in [3.8, 4) is 0 Å². The summed E-state index contributed by atoms with van der Waals surface area (Å²) in [6.07, 6.45) is 0. The van der Waals surface area contributed by atoms with Gasteiger partial charge in [0.25, 0.3) is 0 Å². The minimum atomic E-state index is -3.71. The maximum absolute atomic E-state index is 11.9. The smallest absolute Gasteiger partial charge is 0.323 e. The van der Waals surface area contributed by atoms with E-state index in [1.807, 2.05) is 0 Å². The SMILES string of the molecule is CCOC(=O)C(C)NS(=O)(=O)c1ccc(Br)cc1. The van der Waals surface area contributed by atoms with Gasteiger partial charge in [-0.1, -0.05) is 15.9 Å². The fourth-order valence-corrected chi connectivity index (χ4v) is 2.69. The quantitative estimate of drug-likeness (QED) is 0.831. The molecule has 0 saturated heterocycles. The molecule has 0 aliphatic carbocycles. The van der Waals surface area contributed by atoms with Crippen molar-refractivity contribution in [2.75, 3.05) is 6.61 Å². The van der Waals surface area contributed by atoms with Crippen molar-refractivity contribution < 1.29 is 17.9 Å². The number of ether oxygens (including phenoxy) is 1. The van der Waals surface area contributed by atoms with Crippen LogP contribution in [0.1, 0.15) is 13.8 Å². The fourth-order valence-electron chi connectivity index (χ4n) is 1.23. The molecule has 0 heterocycles. The number of hydrogen-bond donors (Lipinski definition) is 1. The van der Waals surface area contributed by atoms with E-state index in [0.29, 0.717) is 0 Å². The van der Waals surface area contributed by atoms with E-state index in [2.05, 4.69) is 20.7 Å². The zero-order valence-corrected chi connectivity index (χ0v) is 12.4. The molecule has 0 aliphatic rings. The maximum atomic E-state index is 11.9. The van der Waals surface area contributed by atoms with E-state index in [4.69, 9.17) is 4.74 Å². The summed E-state index contributed by atoms with van der Waals surface area (Å²) in [5.41, 5.74) is 0. The molecule has 1 aromatic carbocycles. The molecule has 0 radical (unpaired) electrons. The Kier molecular flexibility index (Phi) is 5.30. The number of hydrogen-bond acceptors (Lipinski definition) is 4. The first kappa shape index (κ1) is 15.1. The Bertz CT molecular complexity index is 512. The van der Waals surface area contributed by atoms with Crippen LogP contribution in [0, 0.1) is 0 Å². The summed E-state index contributed by atoms with van der Waals surface area (Å²) >= 11 is 3.22. The minimum absolute atomic E-state index is 0.0989. The molecule has 1 N–H and O–H groups in total. The molecule has 0 aliphatic heterocycles. The van der Waals surface area contributed by atoms with Crippen LogP contribution in [0.4, 0.5) is 0 Å². The molecule has 1 unspecified atom stereocenters. The number of carbonyl (C=O) groups is 1. The molecule has 0 amide bonds. The molecular weight excluding hydrogens is 322 g/mol. The first-order valence-corrected chi connectivity index (χ1v) is 7.59. The molecule has 0 saturated carbocycles. The zero-order valence-electron chi connectivity index (χ0n) is 10.0. The Morgan fingerprint density at radius 3 is 2.44 bits per heavy atom. The molecule has 7 heteroatoms. The summed E-state index contributed by atoms with van der Waals surface area (Å²) in [5, 5.41) is 0. The summed E-state index contributed by atoms with van der Waals surface area (Å²) in [6.45, 7) is 3.31. The Hall–Kier alpha value is -0.920. The molecule has 0 fully saturated rings. The van der Waals surface area contributed by atoms with Crippen LogP contribution in [0.15, 0.2) is 33.6 Å². The van der Waals surface area contributed by atoms with Crippen molar-refractivity contribution in [1.82, 2.24) is 4.72 Å². The molecular formula is C11H14BrNO4S. The monoisotopic (exact) mass is 335 g/mol. The van der Waals surface area contributed by atoms with Gasteiger partial charge in [-0.15, -0.1) is 0 Å². The highest BCUT2D eigenvalue weighted by molar-refractivity contribution is 9.10. The van der Waals surface area contributed by atoms with Gasteiger partial charge < -0.3 is 4.74 Å². The Balaban J connectivity index is 2.82. The first-order chi connectivity index (χ1) is 8.36. The lowest BCUT2D eigenvalue weighted by molar-refractivity contribution is -0.144. The van der Waals surface area contributed by atoms with E-state index in [-0.39, 0.29) is 11.5 Å². The van der Waals surface area contributed by atoms with Crippen LogP contribution < -0.4 is 4.72 Å². The molecule has 18 heavy (non-hydrogen) atoms. The van der Waals surface area contributed by atoms with E-state index in [9.17, 15) is 13.2 Å². The second-order valence-corrected chi connectivity index (χ2v) is 6.18. The van der Waals surface area contributed by atoms with E-state index in [0.717, 1.165) is 4.47 Å². The van der Waals surface area contributed by atoms with Gasteiger partial charge in [0.05, 0.1) is 11.5 Å². The highest BCUT2D eigenvalue weighted by atomic mass is 79.9. The highest BCUT2D eigenvalue weighted by Gasteiger charge is 2.22. The number of rotatable bonds is 5. The number of halogens is 1. The molecule has 1 rings (SSSR count). The third-order valence-electron chi connectivity index (χ3n) is 2.10. The second kappa shape index (κ2) is 6.31. The van der Waals surface area contributed by atoms with Gasteiger partial charge in [0, 0.05) is 4.47 Å². The largest absolute Gasteiger partial charge is 0.465 e. The minimum Gasteiger partial charge on any atom is -0.465 e. The third kappa shape index (κ3) is 4.08. The van der Waals surface area contributed by atoms with E-state index < -0.39 is 22.0 Å². The molecule has 100 valence electrons. The lowest BCUT2D eigenvalue weighted by Gasteiger charge is -2.13. The number of esters is 1. The molecule has 1 atom stereocenters. The van der Waals surface area contributed by atoms with Crippen molar-refractivity contribution in [1.29, 1.82) is 0 Å². The van der Waals surface area contributed by atoms with Crippen LogP contribution in [0.3, 0.4) is 0 Å². The van der Waals surface area contributed by atoms with Gasteiger partial charge in [0.2, 0.25) is 10.0 Å². The van der Waals surface area contributed by atoms with E-state index in [1.165, 1.54) is 19.1 Å². The maximum Gasteiger partial charge on any atom is 0.323 e. The molecule has 0 bridgehead atoms. The number of sulfonamides is 1. The topological polar surface area (TPSA) is 72.5 Å². The summed E-state index contributed by atoms with van der Waals surface area (Å²) in [6, 6.07) is 5.21. The zero-order chi connectivity index (χ0) is 13.8. The number of carbonyl (C=O) groups excluding carboxylic acids is 1. The van der Waals surface area contributed by atoms with Gasteiger partial charge in [-0.3, -0.25) is 4.79 Å². The van der Waals surface area contributed by atoms with Gasteiger partial charge in [-0.25, -0.2) is 8.42 Å². The molecule has 0 spiro atoms. The van der Waals surface area contributed by atoms with Crippen LogP contribution in [-0.2, 0) is 19.6 Å². The normalized spacial score (nSPS) is 13.1. The van der Waals surface area contributed by atoms with Crippen LogP contribution in [-0.4, -0.2) is 27.0 Å². The van der Waals surface area contributed by atoms with Crippen molar-refractivity contribution >= 4 is 31.9 Å². The van der Waals surface area contributed by atoms with Crippen molar-refractivity contribution in [2.24, 2.45) is 0 Å². The third-order valence-corrected chi connectivity index (χ3v) is 4.18. The van der Waals surface area contributed by atoms with Crippen LogP contribution in [0.25, 0.3) is 0 Å². The van der Waals surface area contributed by atoms with Gasteiger partial charge in [0.1, 0.15) is 6.04 Å². The van der Waals surface area contributed by atoms with Gasteiger partial charge in [-0.2, -0.15) is 4.72 Å². The average molecular weight is 336 g/mol. The van der Waals surface area contributed by atoms with E-state index in [1.54, 1.807) is 19.1 Å². The Morgan fingerprint density at radius 2 is 1.94 bits per heavy atom. The summed E-state index contributed by atoms with van der Waals surface area (Å²) < 4.78 is 31.6. The van der Waals surface area contributed by atoms with Crippen molar-refractivity contribution in [3.05, 3.63) is 28.7 Å². The number of benzene rings is 1. The average Bonchev–Trinajstić information content (AvgIpc) is 2.29. The number of nitrogens with one attached hydrogen (secondary N) is 1. The summed E-state index contributed by atoms with van der Waals surface area (Å²) in [7, 11) is -3.71. The van der Waals surface area contributed by atoms with Crippen molar-refractivity contribution in [3.63, 3.8) is 0 Å². The van der Waals surface area contributed by atoms with Gasteiger partial charge in [0.15, 0.2) is 0 Å². The van der Waals surface area contributed by atoms with Crippen LogP contribution in [0.5, 0.6) is 0 Å². The molecule has 5 nitrogen and oxygen atoms in total. The summed E-state index contributed by atoms with van der Waals surface area (Å²) in [4.78, 5) is 11.4. The first-order valence-electron chi connectivity index (χ1n) is 5.31. The Labute approximate surface area is 115 Å². The van der Waals surface area contributed by atoms with Crippen LogP contribution in [0.2, 0.25) is 0 Å². The summed E-state index contributed by atoms with van der Waals surface area (Å²) in [5.74, 6) is -0.599. The Morgan fingerprint density at radius 1 is 1.39 bits per heavy atom. The lowest BCUT2D eigenvalue weighted by atomic mass is 10.4. The van der Waals surface area contributed by atoms with Crippen LogP contribution >= 0.6 is 15.9 Å². The standard InChI is InChI=1S/C11H14BrNO4S/c1-3-17-11(14)8(2)13-18(15,16)10-6-4-9(12)5-7-10/h4-8,13H,3H2,1-2H3. The molecule has 0 aromatic heterocycles.